The van der Waals surface area contributed by atoms with Crippen LogP contribution in [0.2, 0.25) is 0 Å². The van der Waals surface area contributed by atoms with E-state index in [2.05, 4.69) is 16.6 Å². The number of nitrogens with one attached hydrogen (secondary N) is 2. The summed E-state index contributed by atoms with van der Waals surface area (Å²) in [5.74, 6) is 1.78. The molecule has 0 aromatic heterocycles. The maximum absolute atomic E-state index is 11.9. The molecular formula is C14H22N2O3. The van der Waals surface area contributed by atoms with Crippen molar-refractivity contribution in [1.82, 2.24) is 10.6 Å². The minimum atomic E-state index is -0.469. The van der Waals surface area contributed by atoms with Crippen LogP contribution in [-0.2, 0) is 14.3 Å². The molecule has 1 unspecified atom stereocenters. The van der Waals surface area contributed by atoms with Crippen LogP contribution in [0, 0.1) is 12.3 Å². The highest BCUT2D eigenvalue weighted by molar-refractivity contribution is 5.86. The van der Waals surface area contributed by atoms with E-state index in [0.717, 1.165) is 25.7 Å². The molecule has 5 heteroatoms. The molecule has 0 heterocycles. The van der Waals surface area contributed by atoms with Crippen LogP contribution >= 0.6 is 0 Å². The molecule has 1 aliphatic carbocycles. The van der Waals surface area contributed by atoms with Crippen molar-refractivity contribution in [3.8, 4) is 12.3 Å². The van der Waals surface area contributed by atoms with E-state index in [1.807, 2.05) is 6.92 Å². The van der Waals surface area contributed by atoms with Gasteiger partial charge in [0.25, 0.3) is 0 Å². The molecule has 1 saturated carbocycles. The van der Waals surface area contributed by atoms with E-state index in [9.17, 15) is 9.59 Å². The summed E-state index contributed by atoms with van der Waals surface area (Å²) in [7, 11) is 0. The van der Waals surface area contributed by atoms with Gasteiger partial charge < -0.3 is 15.4 Å². The summed E-state index contributed by atoms with van der Waals surface area (Å²) in [6, 6.07) is 0. The van der Waals surface area contributed by atoms with Gasteiger partial charge in [-0.05, 0) is 19.3 Å². The number of amides is 2. The minimum absolute atomic E-state index is 0.0644. The van der Waals surface area contributed by atoms with Crippen molar-refractivity contribution in [2.75, 3.05) is 13.1 Å². The summed E-state index contributed by atoms with van der Waals surface area (Å²) >= 11 is 0. The fourth-order valence-corrected chi connectivity index (χ4v) is 2.09. The molecule has 19 heavy (non-hydrogen) atoms. The van der Waals surface area contributed by atoms with Crippen molar-refractivity contribution in [3.63, 3.8) is 0 Å². The number of carbonyl (C=O) groups excluding carboxylic acids is 2. The standard InChI is InChI=1S/C14H22N2O3/c1-3-9-15-13(17)10-16-14(18)12(4-2)19-11-7-5-6-8-11/h1,11-12H,4-10H2,2H3,(H,15,17)(H,16,18). The minimum Gasteiger partial charge on any atom is -0.365 e. The second kappa shape index (κ2) is 8.54. The molecule has 2 N–H and O–H groups in total. The normalized spacial score (nSPS) is 16.6. The Bertz CT molecular complexity index is 343. The first-order valence-electron chi connectivity index (χ1n) is 6.80. The third-order valence-electron chi connectivity index (χ3n) is 3.13. The molecule has 0 aromatic rings. The first-order valence-corrected chi connectivity index (χ1v) is 6.80. The lowest BCUT2D eigenvalue weighted by atomic mass is 10.2. The van der Waals surface area contributed by atoms with E-state index in [0.29, 0.717) is 6.42 Å². The molecule has 0 radical (unpaired) electrons. The summed E-state index contributed by atoms with van der Waals surface area (Å²) in [5.41, 5.74) is 0. The smallest absolute Gasteiger partial charge is 0.249 e. The fraction of sp³-hybridized carbons (Fsp3) is 0.714. The zero-order chi connectivity index (χ0) is 14.1. The van der Waals surface area contributed by atoms with Gasteiger partial charge in [0.05, 0.1) is 19.2 Å². The molecule has 2 amide bonds. The second-order valence-electron chi connectivity index (χ2n) is 4.64. The number of hydrogen-bond acceptors (Lipinski definition) is 3. The molecule has 106 valence electrons. The largest absolute Gasteiger partial charge is 0.365 e. The Balaban J connectivity index is 2.28. The molecule has 5 nitrogen and oxygen atoms in total. The Morgan fingerprint density at radius 2 is 2.05 bits per heavy atom. The predicted octanol–water partition coefficient (Wildman–Crippen LogP) is 0.590. The maximum Gasteiger partial charge on any atom is 0.249 e. The highest BCUT2D eigenvalue weighted by Gasteiger charge is 2.24. The van der Waals surface area contributed by atoms with Crippen molar-refractivity contribution in [1.29, 1.82) is 0 Å². The molecule has 1 atom stereocenters. The van der Waals surface area contributed by atoms with E-state index in [-0.39, 0.29) is 31.0 Å². The zero-order valence-electron chi connectivity index (χ0n) is 11.4. The summed E-state index contributed by atoms with van der Waals surface area (Å²) < 4.78 is 5.76. The number of terminal acetylenes is 1. The van der Waals surface area contributed by atoms with Gasteiger partial charge in [-0.15, -0.1) is 6.42 Å². The van der Waals surface area contributed by atoms with Crippen molar-refractivity contribution >= 4 is 11.8 Å². The van der Waals surface area contributed by atoms with Gasteiger partial charge in [-0.1, -0.05) is 25.7 Å². The van der Waals surface area contributed by atoms with Crippen LogP contribution in [0.3, 0.4) is 0 Å². The van der Waals surface area contributed by atoms with Crippen molar-refractivity contribution in [2.24, 2.45) is 0 Å². The Morgan fingerprint density at radius 1 is 1.37 bits per heavy atom. The molecule has 0 spiro atoms. The van der Waals surface area contributed by atoms with E-state index in [1.54, 1.807) is 0 Å². The third-order valence-corrected chi connectivity index (χ3v) is 3.13. The summed E-state index contributed by atoms with van der Waals surface area (Å²) in [6.07, 6.45) is 9.71. The Hall–Kier alpha value is -1.54. The van der Waals surface area contributed by atoms with E-state index in [1.165, 1.54) is 0 Å². The first-order chi connectivity index (χ1) is 9.17. The molecule has 0 saturated heterocycles. The van der Waals surface area contributed by atoms with Crippen LogP contribution in [0.25, 0.3) is 0 Å². The predicted molar refractivity (Wildman–Crippen MR) is 72.3 cm³/mol. The lowest BCUT2D eigenvalue weighted by Crippen LogP contribution is -2.43. The van der Waals surface area contributed by atoms with Crippen molar-refractivity contribution in [2.45, 2.75) is 51.2 Å². The fourth-order valence-electron chi connectivity index (χ4n) is 2.09. The van der Waals surface area contributed by atoms with Gasteiger partial charge >= 0.3 is 0 Å². The van der Waals surface area contributed by atoms with Crippen LogP contribution < -0.4 is 10.6 Å². The van der Waals surface area contributed by atoms with Gasteiger partial charge in [-0.25, -0.2) is 0 Å². The average molecular weight is 266 g/mol. The molecule has 0 aliphatic heterocycles. The first kappa shape index (κ1) is 15.5. The van der Waals surface area contributed by atoms with E-state index < -0.39 is 6.10 Å². The van der Waals surface area contributed by atoms with Crippen LogP contribution in [0.4, 0.5) is 0 Å². The maximum atomic E-state index is 11.9. The monoisotopic (exact) mass is 266 g/mol. The molecule has 1 aliphatic rings. The van der Waals surface area contributed by atoms with Crippen LogP contribution in [0.1, 0.15) is 39.0 Å². The van der Waals surface area contributed by atoms with Gasteiger partial charge in [0.15, 0.2) is 0 Å². The SMILES string of the molecule is C#CCNC(=O)CNC(=O)C(CC)OC1CCCC1. The van der Waals surface area contributed by atoms with Gasteiger partial charge in [0, 0.05) is 0 Å². The Kier molecular flexibility index (Phi) is 6.98. The molecule has 1 fully saturated rings. The Morgan fingerprint density at radius 3 is 2.63 bits per heavy atom. The van der Waals surface area contributed by atoms with Crippen LogP contribution in [0.15, 0.2) is 0 Å². The van der Waals surface area contributed by atoms with Gasteiger partial charge in [0.1, 0.15) is 6.10 Å². The second-order valence-corrected chi connectivity index (χ2v) is 4.64. The van der Waals surface area contributed by atoms with E-state index >= 15 is 0 Å². The summed E-state index contributed by atoms with van der Waals surface area (Å²) in [5, 5.41) is 5.06. The summed E-state index contributed by atoms with van der Waals surface area (Å²) in [4.78, 5) is 23.2. The van der Waals surface area contributed by atoms with Crippen LogP contribution in [0.5, 0.6) is 0 Å². The topological polar surface area (TPSA) is 67.4 Å². The number of ether oxygens (including phenoxy) is 1. The zero-order valence-corrected chi connectivity index (χ0v) is 11.4. The van der Waals surface area contributed by atoms with Crippen molar-refractivity contribution < 1.29 is 14.3 Å². The lowest BCUT2D eigenvalue weighted by molar-refractivity contribution is -0.138. The highest BCUT2D eigenvalue weighted by Crippen LogP contribution is 2.22. The Labute approximate surface area is 114 Å². The number of rotatable bonds is 7. The quantitative estimate of drug-likeness (QED) is 0.663. The third kappa shape index (κ3) is 5.75. The lowest BCUT2D eigenvalue weighted by Gasteiger charge is -2.20. The molecule has 1 rings (SSSR count). The molecule has 0 aromatic carbocycles. The van der Waals surface area contributed by atoms with Gasteiger partial charge in [-0.2, -0.15) is 0 Å². The van der Waals surface area contributed by atoms with Crippen molar-refractivity contribution in [3.05, 3.63) is 0 Å². The highest BCUT2D eigenvalue weighted by atomic mass is 16.5. The average Bonchev–Trinajstić information content (AvgIpc) is 2.92. The molecular weight excluding hydrogens is 244 g/mol. The number of hydrogen-bond donors (Lipinski definition) is 2. The summed E-state index contributed by atoms with van der Waals surface area (Å²) in [6.45, 7) is 2.01. The molecule has 0 bridgehead atoms. The number of carbonyl (C=O) groups is 2. The van der Waals surface area contributed by atoms with Crippen LogP contribution in [-0.4, -0.2) is 37.1 Å². The van der Waals surface area contributed by atoms with Gasteiger partial charge in [0.2, 0.25) is 11.8 Å². The van der Waals surface area contributed by atoms with Gasteiger partial charge in [-0.3, -0.25) is 9.59 Å². The van der Waals surface area contributed by atoms with E-state index in [4.69, 9.17) is 11.2 Å².